The maximum atomic E-state index is 5.78. The van der Waals surface area contributed by atoms with Gasteiger partial charge in [-0.25, -0.2) is 9.97 Å². The van der Waals surface area contributed by atoms with Gasteiger partial charge in [-0.3, -0.25) is 0 Å². The van der Waals surface area contributed by atoms with Crippen molar-refractivity contribution in [3.63, 3.8) is 0 Å². The summed E-state index contributed by atoms with van der Waals surface area (Å²) in [5.74, 6) is 0.764. The number of aromatic nitrogens is 2. The largest absolute Gasteiger partial charge is 0.347 e. The van der Waals surface area contributed by atoms with Crippen molar-refractivity contribution in [2.24, 2.45) is 5.73 Å². The minimum Gasteiger partial charge on any atom is -0.347 e. The first-order valence-corrected chi connectivity index (χ1v) is 5.32. The molecule has 1 unspecified atom stereocenters. The number of nitrogens with two attached hydrogens (primary N) is 1. The lowest BCUT2D eigenvalue weighted by molar-refractivity contribution is 0.721. The van der Waals surface area contributed by atoms with Crippen molar-refractivity contribution in [1.29, 1.82) is 0 Å². The lowest BCUT2D eigenvalue weighted by atomic mass is 10.1. The first-order valence-electron chi connectivity index (χ1n) is 5.32. The van der Waals surface area contributed by atoms with Gasteiger partial charge in [0.15, 0.2) is 0 Å². The van der Waals surface area contributed by atoms with E-state index in [4.69, 9.17) is 5.73 Å². The summed E-state index contributed by atoms with van der Waals surface area (Å²) in [6.07, 6.45) is 3.66. The van der Waals surface area contributed by atoms with E-state index in [-0.39, 0.29) is 6.04 Å². The van der Waals surface area contributed by atoms with Crippen LogP contribution >= 0.6 is 0 Å². The Morgan fingerprint density at radius 3 is 2.60 bits per heavy atom. The van der Waals surface area contributed by atoms with Crippen molar-refractivity contribution in [2.45, 2.75) is 32.7 Å². The molecule has 1 aromatic heterocycles. The van der Waals surface area contributed by atoms with Crippen LogP contribution in [-0.4, -0.2) is 30.1 Å². The second-order valence-electron chi connectivity index (χ2n) is 4.07. The van der Waals surface area contributed by atoms with Gasteiger partial charge in [-0.05, 0) is 25.3 Å². The Kier molecular flexibility index (Phi) is 4.03. The highest BCUT2D eigenvalue weighted by molar-refractivity contribution is 5.31. The third kappa shape index (κ3) is 3.16. The van der Waals surface area contributed by atoms with Crippen LogP contribution in [0.15, 0.2) is 6.20 Å². The van der Waals surface area contributed by atoms with Crippen LogP contribution in [0, 0.1) is 0 Å². The van der Waals surface area contributed by atoms with Gasteiger partial charge in [-0.2, -0.15) is 0 Å². The molecule has 0 saturated carbocycles. The first kappa shape index (κ1) is 11.9. The van der Waals surface area contributed by atoms with E-state index in [0.29, 0.717) is 0 Å². The van der Waals surface area contributed by atoms with Gasteiger partial charge in [-0.1, -0.05) is 6.92 Å². The van der Waals surface area contributed by atoms with Crippen molar-refractivity contribution in [1.82, 2.24) is 9.97 Å². The molecule has 1 heterocycles. The Morgan fingerprint density at radius 1 is 1.47 bits per heavy atom. The van der Waals surface area contributed by atoms with Crippen molar-refractivity contribution in [3.8, 4) is 0 Å². The van der Waals surface area contributed by atoms with Gasteiger partial charge in [-0.15, -0.1) is 0 Å². The Hall–Kier alpha value is -1.16. The molecule has 0 saturated heterocycles. The van der Waals surface area contributed by atoms with Crippen LogP contribution in [0.2, 0.25) is 0 Å². The predicted octanol–water partition coefficient (Wildman–Crippen LogP) is 0.995. The average Bonchev–Trinajstić information content (AvgIpc) is 2.17. The van der Waals surface area contributed by atoms with E-state index in [1.807, 2.05) is 32.1 Å². The molecule has 2 N–H and O–H groups in total. The number of anilines is 1. The Labute approximate surface area is 91.5 Å². The summed E-state index contributed by atoms with van der Waals surface area (Å²) in [5.41, 5.74) is 8.05. The van der Waals surface area contributed by atoms with Gasteiger partial charge in [0.25, 0.3) is 0 Å². The van der Waals surface area contributed by atoms with E-state index in [1.165, 1.54) is 0 Å². The minimum absolute atomic E-state index is 0.157. The third-order valence-electron chi connectivity index (χ3n) is 2.22. The van der Waals surface area contributed by atoms with Gasteiger partial charge >= 0.3 is 0 Å². The molecule has 0 bridgehead atoms. The molecule has 4 nitrogen and oxygen atoms in total. The smallest absolute Gasteiger partial charge is 0.224 e. The molecular weight excluding hydrogens is 188 g/mol. The van der Waals surface area contributed by atoms with E-state index in [9.17, 15) is 0 Å². The van der Waals surface area contributed by atoms with Gasteiger partial charge in [0.05, 0.1) is 0 Å². The highest BCUT2D eigenvalue weighted by Crippen LogP contribution is 2.12. The zero-order valence-electron chi connectivity index (χ0n) is 9.99. The van der Waals surface area contributed by atoms with Crippen molar-refractivity contribution < 1.29 is 0 Å². The molecule has 0 aliphatic rings. The van der Waals surface area contributed by atoms with Crippen LogP contribution in [0.4, 0.5) is 5.95 Å². The average molecular weight is 208 g/mol. The molecule has 0 aliphatic heterocycles. The fourth-order valence-corrected chi connectivity index (χ4v) is 1.47. The lowest BCUT2D eigenvalue weighted by Crippen LogP contribution is -2.20. The summed E-state index contributed by atoms with van der Waals surface area (Å²) in [6, 6.07) is 0.157. The van der Waals surface area contributed by atoms with E-state index < -0.39 is 0 Å². The summed E-state index contributed by atoms with van der Waals surface area (Å²) in [6.45, 7) is 4.10. The number of nitrogens with zero attached hydrogens (tertiary/aromatic N) is 3. The zero-order valence-corrected chi connectivity index (χ0v) is 9.99. The molecule has 0 fully saturated rings. The van der Waals surface area contributed by atoms with Crippen LogP contribution in [0.5, 0.6) is 0 Å². The van der Waals surface area contributed by atoms with Gasteiger partial charge in [0.2, 0.25) is 5.95 Å². The second kappa shape index (κ2) is 5.07. The molecule has 84 valence electrons. The predicted molar refractivity (Wildman–Crippen MR) is 63.1 cm³/mol. The highest BCUT2D eigenvalue weighted by atomic mass is 15.2. The summed E-state index contributed by atoms with van der Waals surface area (Å²) >= 11 is 0. The molecule has 0 aliphatic carbocycles. The summed E-state index contributed by atoms with van der Waals surface area (Å²) in [5, 5.41) is 0. The molecule has 1 atom stereocenters. The number of hydrogen-bond donors (Lipinski definition) is 1. The molecule has 1 rings (SSSR count). The maximum absolute atomic E-state index is 5.78. The van der Waals surface area contributed by atoms with Crippen LogP contribution in [-0.2, 0) is 12.8 Å². The van der Waals surface area contributed by atoms with E-state index in [2.05, 4.69) is 16.9 Å². The standard InChI is InChI=1S/C11H20N4/c1-5-10-9(6-8(2)12)7-13-11(14-10)15(3)4/h7-8H,5-6,12H2,1-4H3. The van der Waals surface area contributed by atoms with Crippen molar-refractivity contribution in [3.05, 3.63) is 17.5 Å². The maximum Gasteiger partial charge on any atom is 0.224 e. The molecule has 15 heavy (non-hydrogen) atoms. The fourth-order valence-electron chi connectivity index (χ4n) is 1.47. The van der Waals surface area contributed by atoms with Gasteiger partial charge in [0.1, 0.15) is 0 Å². The van der Waals surface area contributed by atoms with Crippen LogP contribution < -0.4 is 10.6 Å². The Bertz CT molecular complexity index is 320. The molecule has 0 spiro atoms. The topological polar surface area (TPSA) is 55.0 Å². The quantitative estimate of drug-likeness (QED) is 0.802. The van der Waals surface area contributed by atoms with Gasteiger partial charge in [0, 0.05) is 32.0 Å². The molecule has 0 amide bonds. The number of rotatable bonds is 4. The molecule has 0 aromatic carbocycles. The molecule has 1 aromatic rings. The molecular formula is C11H20N4. The third-order valence-corrected chi connectivity index (χ3v) is 2.22. The van der Waals surface area contributed by atoms with Crippen molar-refractivity contribution >= 4 is 5.95 Å². The van der Waals surface area contributed by atoms with Crippen LogP contribution in [0.3, 0.4) is 0 Å². The Morgan fingerprint density at radius 2 is 2.13 bits per heavy atom. The summed E-state index contributed by atoms with van der Waals surface area (Å²) < 4.78 is 0. The molecule has 0 radical (unpaired) electrons. The highest BCUT2D eigenvalue weighted by Gasteiger charge is 2.08. The van der Waals surface area contributed by atoms with Crippen molar-refractivity contribution in [2.75, 3.05) is 19.0 Å². The summed E-state index contributed by atoms with van der Waals surface area (Å²) in [7, 11) is 3.89. The fraction of sp³-hybridized carbons (Fsp3) is 0.636. The first-order chi connectivity index (χ1) is 7.04. The SMILES string of the molecule is CCc1nc(N(C)C)ncc1CC(C)N. The minimum atomic E-state index is 0.157. The Balaban J connectivity index is 2.98. The number of hydrogen-bond acceptors (Lipinski definition) is 4. The lowest BCUT2D eigenvalue weighted by Gasteiger charge is -2.14. The molecule has 4 heteroatoms. The zero-order chi connectivity index (χ0) is 11.4. The summed E-state index contributed by atoms with van der Waals surface area (Å²) in [4.78, 5) is 10.7. The van der Waals surface area contributed by atoms with E-state index >= 15 is 0 Å². The number of aryl methyl sites for hydroxylation is 1. The van der Waals surface area contributed by atoms with Gasteiger partial charge < -0.3 is 10.6 Å². The van der Waals surface area contributed by atoms with Crippen LogP contribution in [0.25, 0.3) is 0 Å². The normalized spacial score (nSPS) is 12.6. The van der Waals surface area contributed by atoms with E-state index in [0.717, 1.165) is 30.0 Å². The van der Waals surface area contributed by atoms with E-state index in [1.54, 1.807) is 0 Å². The van der Waals surface area contributed by atoms with Crippen LogP contribution in [0.1, 0.15) is 25.1 Å². The monoisotopic (exact) mass is 208 g/mol. The second-order valence-corrected chi connectivity index (χ2v) is 4.07.